The molecule has 1 fully saturated rings. The number of nitrogens with one attached hydrogen (secondary N) is 1. The Morgan fingerprint density at radius 2 is 2.24 bits per heavy atom. The molecular weight excluding hydrogens is 260 g/mol. The molecule has 21 heavy (non-hydrogen) atoms. The largest absolute Gasteiger partial charge is 0.353 e. The summed E-state index contributed by atoms with van der Waals surface area (Å²) in [4.78, 5) is 2.42. The van der Waals surface area contributed by atoms with Crippen LogP contribution in [0.4, 0.5) is 5.82 Å². The fourth-order valence-corrected chi connectivity index (χ4v) is 3.06. The zero-order valence-electron chi connectivity index (χ0n) is 12.8. The lowest BCUT2D eigenvalue weighted by molar-refractivity contribution is 0.568. The summed E-state index contributed by atoms with van der Waals surface area (Å²) in [5.41, 5.74) is 0. The molecule has 4 heteroatoms. The molecule has 1 N–H and O–H groups in total. The van der Waals surface area contributed by atoms with E-state index in [9.17, 15) is 0 Å². The number of hydrogen-bond acceptors (Lipinski definition) is 4. The van der Waals surface area contributed by atoms with Crippen molar-refractivity contribution in [1.29, 1.82) is 0 Å². The third-order valence-electron chi connectivity index (χ3n) is 4.24. The van der Waals surface area contributed by atoms with Gasteiger partial charge in [-0.3, -0.25) is 0 Å². The molecule has 1 aromatic carbocycles. The highest BCUT2D eigenvalue weighted by molar-refractivity contribution is 5.91. The molecule has 0 aliphatic carbocycles. The maximum Gasteiger partial charge on any atom is 0.159 e. The van der Waals surface area contributed by atoms with Crippen molar-refractivity contribution < 1.29 is 0 Å². The van der Waals surface area contributed by atoms with E-state index in [1.165, 1.54) is 36.5 Å². The molecule has 1 aliphatic heterocycles. The van der Waals surface area contributed by atoms with Gasteiger partial charge in [0.05, 0.1) is 6.20 Å². The van der Waals surface area contributed by atoms with Gasteiger partial charge in [0.1, 0.15) is 0 Å². The molecule has 1 atom stereocenters. The van der Waals surface area contributed by atoms with Crippen molar-refractivity contribution in [2.24, 2.45) is 0 Å². The third-order valence-corrected chi connectivity index (χ3v) is 4.24. The summed E-state index contributed by atoms with van der Waals surface area (Å²) >= 11 is 0. The number of nitrogens with zero attached hydrogens (tertiary/aromatic N) is 3. The van der Waals surface area contributed by atoms with E-state index >= 15 is 0 Å². The summed E-state index contributed by atoms with van der Waals surface area (Å²) in [7, 11) is 0. The molecule has 0 radical (unpaired) electrons. The molecule has 112 valence electrons. The topological polar surface area (TPSA) is 41.0 Å². The van der Waals surface area contributed by atoms with Crippen LogP contribution in [0.25, 0.3) is 10.8 Å². The van der Waals surface area contributed by atoms with Crippen LogP contribution in [0.1, 0.15) is 32.6 Å². The van der Waals surface area contributed by atoms with E-state index in [2.05, 4.69) is 51.6 Å². The van der Waals surface area contributed by atoms with Gasteiger partial charge in [-0.15, -0.1) is 5.10 Å². The Morgan fingerprint density at radius 3 is 3.05 bits per heavy atom. The van der Waals surface area contributed by atoms with Gasteiger partial charge in [0, 0.05) is 29.9 Å². The predicted molar refractivity (Wildman–Crippen MR) is 87.7 cm³/mol. The summed E-state index contributed by atoms with van der Waals surface area (Å²) in [6.07, 6.45) is 6.80. The molecule has 2 heterocycles. The van der Waals surface area contributed by atoms with E-state index in [4.69, 9.17) is 0 Å². The molecule has 0 amide bonds. The van der Waals surface area contributed by atoms with Crippen LogP contribution in [-0.2, 0) is 0 Å². The Labute approximate surface area is 126 Å². The molecule has 1 aliphatic rings. The highest BCUT2D eigenvalue weighted by atomic mass is 15.3. The number of rotatable bonds is 6. The van der Waals surface area contributed by atoms with Crippen LogP contribution >= 0.6 is 0 Å². The van der Waals surface area contributed by atoms with Crippen molar-refractivity contribution in [3.05, 3.63) is 30.5 Å². The minimum absolute atomic E-state index is 0.586. The zero-order chi connectivity index (χ0) is 14.5. The van der Waals surface area contributed by atoms with Crippen LogP contribution in [0.5, 0.6) is 0 Å². The predicted octanol–water partition coefficient (Wildman–Crippen LogP) is 2.99. The van der Waals surface area contributed by atoms with Crippen molar-refractivity contribution in [2.45, 2.75) is 38.6 Å². The van der Waals surface area contributed by atoms with Crippen molar-refractivity contribution in [2.75, 3.05) is 24.5 Å². The van der Waals surface area contributed by atoms with E-state index in [0.29, 0.717) is 6.04 Å². The summed E-state index contributed by atoms with van der Waals surface area (Å²) in [6.45, 7) is 5.47. The average molecular weight is 284 g/mol. The van der Waals surface area contributed by atoms with Gasteiger partial charge < -0.3 is 10.2 Å². The standard InChI is InChI=1S/C17H24N4/c1-2-3-11-21(13-15-8-6-10-18-15)17-16-9-5-4-7-14(16)12-19-20-17/h4-5,7,9,12,15,18H,2-3,6,8,10-11,13H2,1H3. The quantitative estimate of drug-likeness (QED) is 0.885. The van der Waals surface area contributed by atoms with Gasteiger partial charge in [0.2, 0.25) is 0 Å². The minimum Gasteiger partial charge on any atom is -0.353 e. The van der Waals surface area contributed by atoms with E-state index < -0.39 is 0 Å². The third kappa shape index (κ3) is 3.32. The van der Waals surface area contributed by atoms with Crippen molar-refractivity contribution in [3.8, 4) is 0 Å². The lowest BCUT2D eigenvalue weighted by Crippen LogP contribution is -2.38. The smallest absolute Gasteiger partial charge is 0.159 e. The number of aromatic nitrogens is 2. The fourth-order valence-electron chi connectivity index (χ4n) is 3.06. The molecule has 0 spiro atoms. The van der Waals surface area contributed by atoms with E-state index in [-0.39, 0.29) is 0 Å². The first kappa shape index (κ1) is 14.3. The number of benzene rings is 1. The molecule has 1 aromatic heterocycles. The lowest BCUT2D eigenvalue weighted by atomic mass is 10.1. The number of hydrogen-bond donors (Lipinski definition) is 1. The van der Waals surface area contributed by atoms with Gasteiger partial charge >= 0.3 is 0 Å². The molecule has 2 aromatic rings. The van der Waals surface area contributed by atoms with Crippen LogP contribution < -0.4 is 10.2 Å². The second-order valence-corrected chi connectivity index (χ2v) is 5.85. The van der Waals surface area contributed by atoms with Gasteiger partial charge in [-0.05, 0) is 25.8 Å². The molecular formula is C17H24N4. The Kier molecular flexibility index (Phi) is 4.65. The normalized spacial score (nSPS) is 18.2. The van der Waals surface area contributed by atoms with Crippen molar-refractivity contribution >= 4 is 16.6 Å². The van der Waals surface area contributed by atoms with Crippen LogP contribution in [0.2, 0.25) is 0 Å². The number of anilines is 1. The summed E-state index contributed by atoms with van der Waals surface area (Å²) < 4.78 is 0. The summed E-state index contributed by atoms with van der Waals surface area (Å²) in [6, 6.07) is 8.99. The Hall–Kier alpha value is -1.68. The van der Waals surface area contributed by atoms with Gasteiger partial charge in [0.15, 0.2) is 5.82 Å². The van der Waals surface area contributed by atoms with Crippen molar-refractivity contribution in [3.63, 3.8) is 0 Å². The molecule has 4 nitrogen and oxygen atoms in total. The van der Waals surface area contributed by atoms with Crippen LogP contribution in [-0.4, -0.2) is 35.9 Å². The highest BCUT2D eigenvalue weighted by Gasteiger charge is 2.20. The van der Waals surface area contributed by atoms with E-state index in [1.807, 2.05) is 6.20 Å². The van der Waals surface area contributed by atoms with E-state index in [0.717, 1.165) is 25.5 Å². The number of fused-ring (bicyclic) bond motifs is 1. The van der Waals surface area contributed by atoms with Gasteiger partial charge in [-0.2, -0.15) is 5.10 Å². The van der Waals surface area contributed by atoms with Gasteiger partial charge in [-0.1, -0.05) is 37.6 Å². The molecule has 3 rings (SSSR count). The second-order valence-electron chi connectivity index (χ2n) is 5.85. The molecule has 0 saturated carbocycles. The van der Waals surface area contributed by atoms with E-state index in [1.54, 1.807) is 0 Å². The maximum absolute atomic E-state index is 4.45. The average Bonchev–Trinajstić information content (AvgIpc) is 3.04. The van der Waals surface area contributed by atoms with Crippen LogP contribution in [0, 0.1) is 0 Å². The Bertz CT molecular complexity index is 573. The first-order valence-electron chi connectivity index (χ1n) is 8.07. The number of unbranched alkanes of at least 4 members (excludes halogenated alkanes) is 1. The lowest BCUT2D eigenvalue weighted by Gasteiger charge is -2.27. The molecule has 0 bridgehead atoms. The Morgan fingerprint density at radius 1 is 1.33 bits per heavy atom. The van der Waals surface area contributed by atoms with Crippen LogP contribution in [0.3, 0.4) is 0 Å². The maximum atomic E-state index is 4.45. The highest BCUT2D eigenvalue weighted by Crippen LogP contribution is 2.24. The molecule has 1 unspecified atom stereocenters. The fraction of sp³-hybridized carbons (Fsp3) is 0.529. The van der Waals surface area contributed by atoms with Crippen LogP contribution in [0.15, 0.2) is 30.5 Å². The zero-order valence-corrected chi connectivity index (χ0v) is 12.8. The molecule has 1 saturated heterocycles. The first-order chi connectivity index (χ1) is 10.4. The first-order valence-corrected chi connectivity index (χ1v) is 8.07. The second kappa shape index (κ2) is 6.85. The minimum atomic E-state index is 0.586. The SMILES string of the molecule is CCCCN(CC1CCCN1)c1nncc2ccccc12. The summed E-state index contributed by atoms with van der Waals surface area (Å²) in [5, 5.41) is 14.6. The monoisotopic (exact) mass is 284 g/mol. The summed E-state index contributed by atoms with van der Waals surface area (Å²) in [5.74, 6) is 1.04. The van der Waals surface area contributed by atoms with Gasteiger partial charge in [-0.25, -0.2) is 0 Å². The van der Waals surface area contributed by atoms with Gasteiger partial charge in [0.25, 0.3) is 0 Å². The Balaban J connectivity index is 1.89. The van der Waals surface area contributed by atoms with Crippen molar-refractivity contribution in [1.82, 2.24) is 15.5 Å².